The maximum Gasteiger partial charge on any atom is 0.320 e. The van der Waals surface area contributed by atoms with E-state index in [9.17, 15) is 13.2 Å². The first-order valence-electron chi connectivity index (χ1n) is 5.84. The summed E-state index contributed by atoms with van der Waals surface area (Å²) in [5, 5.41) is 11.5. The van der Waals surface area contributed by atoms with Crippen LogP contribution in [0.25, 0.3) is 0 Å². The minimum atomic E-state index is -3.84. The number of hydrogen-bond acceptors (Lipinski definition) is 5. The van der Waals surface area contributed by atoms with Gasteiger partial charge in [-0.25, -0.2) is 0 Å². The van der Waals surface area contributed by atoms with Crippen molar-refractivity contribution in [3.63, 3.8) is 0 Å². The van der Waals surface area contributed by atoms with Crippen molar-refractivity contribution in [1.82, 2.24) is 5.32 Å². The lowest BCUT2D eigenvalue weighted by atomic mass is 10.2. The summed E-state index contributed by atoms with van der Waals surface area (Å²) in [7, 11) is -3.84. The number of aryl methyl sites for hydroxylation is 1. The van der Waals surface area contributed by atoms with E-state index in [0.717, 1.165) is 5.56 Å². The molecule has 0 amide bonds. The molecule has 0 saturated carbocycles. The van der Waals surface area contributed by atoms with E-state index >= 15 is 0 Å². The van der Waals surface area contributed by atoms with Crippen LogP contribution in [0.4, 0.5) is 0 Å². The third-order valence-electron chi connectivity index (χ3n) is 2.96. The molecule has 2 N–H and O–H groups in total. The van der Waals surface area contributed by atoms with Gasteiger partial charge in [0.1, 0.15) is 6.04 Å². The summed E-state index contributed by atoms with van der Waals surface area (Å²) in [5.41, 5.74) is 0.951. The quantitative estimate of drug-likeness (QED) is 0.783. The van der Waals surface area contributed by atoms with Crippen LogP contribution in [0.2, 0.25) is 0 Å². The third-order valence-corrected chi connectivity index (χ3v) is 4.34. The van der Waals surface area contributed by atoms with Crippen LogP contribution in [0.1, 0.15) is 12.0 Å². The van der Waals surface area contributed by atoms with Crippen molar-refractivity contribution >= 4 is 16.1 Å². The molecular weight excluding hydrogens is 270 g/mol. The van der Waals surface area contributed by atoms with E-state index in [1.165, 1.54) is 12.1 Å². The SMILES string of the molecule is Cc1ccc(S(=O)(=O)O[C@H]2CN[C@@H](C(=O)O)C2)cc1. The number of hydrogen-bond donors (Lipinski definition) is 2. The lowest BCUT2D eigenvalue weighted by Crippen LogP contribution is -2.30. The van der Waals surface area contributed by atoms with Gasteiger partial charge in [-0.05, 0) is 19.1 Å². The van der Waals surface area contributed by atoms with E-state index < -0.39 is 28.2 Å². The van der Waals surface area contributed by atoms with Gasteiger partial charge < -0.3 is 10.4 Å². The number of aliphatic carboxylic acids is 1. The molecule has 1 heterocycles. The Bertz CT molecular complexity index is 566. The van der Waals surface area contributed by atoms with Crippen molar-refractivity contribution < 1.29 is 22.5 Å². The summed E-state index contributed by atoms with van der Waals surface area (Å²) >= 11 is 0. The molecule has 1 saturated heterocycles. The van der Waals surface area contributed by atoms with Gasteiger partial charge in [0.05, 0.1) is 11.0 Å². The summed E-state index contributed by atoms with van der Waals surface area (Å²) in [6.45, 7) is 2.07. The highest BCUT2D eigenvalue weighted by atomic mass is 32.2. The van der Waals surface area contributed by atoms with Gasteiger partial charge in [0.15, 0.2) is 0 Å². The number of carboxylic acid groups (broad SMARTS) is 1. The minimum absolute atomic E-state index is 0.0804. The Morgan fingerprint density at radius 3 is 2.53 bits per heavy atom. The van der Waals surface area contributed by atoms with Gasteiger partial charge in [0, 0.05) is 13.0 Å². The van der Waals surface area contributed by atoms with E-state index in [-0.39, 0.29) is 17.9 Å². The van der Waals surface area contributed by atoms with Gasteiger partial charge >= 0.3 is 5.97 Å². The fraction of sp³-hybridized carbons (Fsp3) is 0.417. The van der Waals surface area contributed by atoms with E-state index in [1.54, 1.807) is 12.1 Å². The van der Waals surface area contributed by atoms with Gasteiger partial charge in [-0.15, -0.1) is 0 Å². The number of carboxylic acids is 1. The molecule has 19 heavy (non-hydrogen) atoms. The van der Waals surface area contributed by atoms with Gasteiger partial charge in [0.2, 0.25) is 0 Å². The predicted octanol–water partition coefficient (Wildman–Crippen LogP) is 0.515. The molecule has 0 aliphatic carbocycles. The highest BCUT2D eigenvalue weighted by molar-refractivity contribution is 7.86. The van der Waals surface area contributed by atoms with Gasteiger partial charge in [-0.1, -0.05) is 17.7 Å². The van der Waals surface area contributed by atoms with Crippen molar-refractivity contribution in [2.24, 2.45) is 0 Å². The summed E-state index contributed by atoms with van der Waals surface area (Å²) in [4.78, 5) is 10.8. The Labute approximate surface area is 111 Å². The molecule has 0 unspecified atom stereocenters. The Balaban J connectivity index is 2.06. The summed E-state index contributed by atoms with van der Waals surface area (Å²) in [5.74, 6) is -1.00. The van der Waals surface area contributed by atoms with Gasteiger partial charge in [-0.3, -0.25) is 8.98 Å². The zero-order valence-electron chi connectivity index (χ0n) is 10.4. The van der Waals surface area contributed by atoms with Crippen LogP contribution in [-0.4, -0.2) is 38.2 Å². The normalized spacial score (nSPS) is 23.4. The zero-order chi connectivity index (χ0) is 14.0. The molecular formula is C12H15NO5S. The molecule has 0 bridgehead atoms. The summed E-state index contributed by atoms with van der Waals surface area (Å²) in [6, 6.07) is 5.56. The first-order chi connectivity index (χ1) is 8.88. The predicted molar refractivity (Wildman–Crippen MR) is 67.3 cm³/mol. The molecule has 0 aromatic heterocycles. The highest BCUT2D eigenvalue weighted by Gasteiger charge is 2.33. The fourth-order valence-corrected chi connectivity index (χ4v) is 2.99. The molecule has 2 rings (SSSR count). The molecule has 7 heteroatoms. The Kier molecular flexibility index (Phi) is 3.88. The minimum Gasteiger partial charge on any atom is -0.480 e. The van der Waals surface area contributed by atoms with Crippen LogP contribution < -0.4 is 5.32 Å². The Morgan fingerprint density at radius 1 is 1.37 bits per heavy atom. The second-order valence-electron chi connectivity index (χ2n) is 4.52. The molecule has 0 radical (unpaired) electrons. The smallest absolute Gasteiger partial charge is 0.320 e. The molecule has 1 fully saturated rings. The molecule has 2 atom stereocenters. The lowest BCUT2D eigenvalue weighted by Gasteiger charge is -2.11. The number of nitrogens with one attached hydrogen (secondary N) is 1. The largest absolute Gasteiger partial charge is 0.480 e. The van der Waals surface area contributed by atoms with Crippen LogP contribution in [-0.2, 0) is 19.1 Å². The standard InChI is InChI=1S/C12H15NO5S/c1-8-2-4-10(5-3-8)19(16,17)18-9-6-11(12(14)15)13-7-9/h2-5,9,11,13H,6-7H2,1H3,(H,14,15)/t9-,11-/m1/s1. The number of carbonyl (C=O) groups is 1. The molecule has 1 aliphatic rings. The molecule has 6 nitrogen and oxygen atoms in total. The lowest BCUT2D eigenvalue weighted by molar-refractivity contribution is -0.139. The first-order valence-corrected chi connectivity index (χ1v) is 7.25. The van der Waals surface area contributed by atoms with Crippen molar-refractivity contribution in [1.29, 1.82) is 0 Å². The average Bonchev–Trinajstić information content (AvgIpc) is 2.77. The van der Waals surface area contributed by atoms with Crippen LogP contribution in [0.5, 0.6) is 0 Å². The number of benzene rings is 1. The molecule has 104 valence electrons. The first kappa shape index (κ1) is 14.0. The molecule has 1 aromatic rings. The van der Waals surface area contributed by atoms with Crippen LogP contribution in [0.3, 0.4) is 0 Å². The molecule has 0 spiro atoms. The molecule has 1 aliphatic heterocycles. The van der Waals surface area contributed by atoms with E-state index in [0.29, 0.717) is 0 Å². The Morgan fingerprint density at radius 2 is 2.00 bits per heavy atom. The maximum absolute atomic E-state index is 12.0. The van der Waals surface area contributed by atoms with Crippen molar-refractivity contribution in [2.45, 2.75) is 30.4 Å². The highest BCUT2D eigenvalue weighted by Crippen LogP contribution is 2.19. The van der Waals surface area contributed by atoms with Gasteiger partial charge in [0.25, 0.3) is 10.1 Å². The van der Waals surface area contributed by atoms with E-state index in [1.807, 2.05) is 6.92 Å². The second kappa shape index (κ2) is 5.28. The Hall–Kier alpha value is -1.44. The third kappa shape index (κ3) is 3.31. The van der Waals surface area contributed by atoms with Crippen molar-refractivity contribution in [3.05, 3.63) is 29.8 Å². The molecule has 1 aromatic carbocycles. The van der Waals surface area contributed by atoms with E-state index in [4.69, 9.17) is 9.29 Å². The monoisotopic (exact) mass is 285 g/mol. The van der Waals surface area contributed by atoms with Crippen molar-refractivity contribution in [3.8, 4) is 0 Å². The fourth-order valence-electron chi connectivity index (χ4n) is 1.90. The number of rotatable bonds is 4. The van der Waals surface area contributed by atoms with Gasteiger partial charge in [-0.2, -0.15) is 8.42 Å². The summed E-state index contributed by atoms with van der Waals surface area (Å²) < 4.78 is 29.0. The zero-order valence-corrected chi connectivity index (χ0v) is 11.2. The topological polar surface area (TPSA) is 92.7 Å². The van der Waals surface area contributed by atoms with Crippen molar-refractivity contribution in [2.75, 3.05) is 6.54 Å². The maximum atomic E-state index is 12.0. The average molecular weight is 285 g/mol. The van der Waals surface area contributed by atoms with Crippen LogP contribution in [0.15, 0.2) is 29.2 Å². The summed E-state index contributed by atoms with van der Waals surface area (Å²) in [6.07, 6.45) is -0.507. The van der Waals surface area contributed by atoms with E-state index in [2.05, 4.69) is 5.32 Å². The van der Waals surface area contributed by atoms with Crippen LogP contribution in [0, 0.1) is 6.92 Å². The van der Waals surface area contributed by atoms with Crippen LogP contribution >= 0.6 is 0 Å². The second-order valence-corrected chi connectivity index (χ2v) is 6.09.